The lowest BCUT2D eigenvalue weighted by Crippen LogP contribution is -2.08. The van der Waals surface area contributed by atoms with Crippen LogP contribution in [0.2, 0.25) is 0 Å². The van der Waals surface area contributed by atoms with Crippen LogP contribution >= 0.6 is 11.8 Å². The minimum atomic E-state index is 0.655. The second kappa shape index (κ2) is 4.46. The van der Waals surface area contributed by atoms with Crippen LogP contribution in [0.25, 0.3) is 0 Å². The van der Waals surface area contributed by atoms with E-state index < -0.39 is 0 Å². The maximum Gasteiger partial charge on any atom is 0.119 e. The van der Waals surface area contributed by atoms with Crippen LogP contribution in [-0.2, 0) is 0 Å². The van der Waals surface area contributed by atoms with E-state index in [2.05, 4.69) is 0 Å². The first-order valence-corrected chi connectivity index (χ1v) is 5.06. The second-order valence-electron chi connectivity index (χ2n) is 2.34. The minimum absolute atomic E-state index is 0.655. The Morgan fingerprint density at radius 1 is 1.50 bits per heavy atom. The maximum absolute atomic E-state index is 5.70. The van der Waals surface area contributed by atoms with Crippen LogP contribution in [0.4, 0.5) is 0 Å². The van der Waals surface area contributed by atoms with Crippen molar-refractivity contribution in [3.63, 3.8) is 0 Å². The highest BCUT2D eigenvalue weighted by atomic mass is 32.2. The Hall–Kier alpha value is -0.565. The third kappa shape index (κ3) is 2.21. The first kappa shape index (κ1) is 9.52. The average Bonchev–Trinajstić information content (AvgIpc) is 2.09. The molecular weight excluding hydrogens is 167 g/mol. The van der Waals surface area contributed by atoms with E-state index in [1.165, 1.54) is 4.90 Å². The molecule has 0 saturated heterocycles. The van der Waals surface area contributed by atoms with E-state index in [1.54, 1.807) is 11.8 Å². The van der Waals surface area contributed by atoms with Gasteiger partial charge in [-0.1, -0.05) is 11.5 Å². The highest BCUT2D eigenvalue weighted by molar-refractivity contribution is 7.98. The Bertz CT molecular complexity index is 263. The van der Waals surface area contributed by atoms with Crippen molar-refractivity contribution in [1.82, 2.24) is 0 Å². The zero-order valence-electron chi connectivity index (χ0n) is 7.33. The van der Waals surface area contributed by atoms with Crippen LogP contribution < -0.4 is 10.2 Å². The fourth-order valence-electron chi connectivity index (χ4n) is 0.922. The zero-order valence-corrected chi connectivity index (χ0v) is 8.15. The van der Waals surface area contributed by atoms with Crippen LogP contribution in [0.5, 0.6) is 5.75 Å². The van der Waals surface area contributed by atoms with Crippen molar-refractivity contribution >= 4 is 25.1 Å². The molecule has 0 fully saturated rings. The largest absolute Gasteiger partial charge is 0.494 e. The second-order valence-corrected chi connectivity index (χ2v) is 3.22. The molecule has 0 amide bonds. The Kier molecular flexibility index (Phi) is 3.54. The molecule has 0 aromatic heterocycles. The number of benzene rings is 1. The summed E-state index contributed by atoms with van der Waals surface area (Å²) in [7, 11) is 5.70. The molecule has 0 unspecified atom stereocenters. The van der Waals surface area contributed by atoms with Gasteiger partial charge in [0.15, 0.2) is 0 Å². The summed E-state index contributed by atoms with van der Waals surface area (Å²) >= 11 is 1.68. The van der Waals surface area contributed by atoms with Gasteiger partial charge in [0.2, 0.25) is 0 Å². The molecule has 0 aliphatic carbocycles. The molecule has 2 radical (unpaired) electrons. The molecule has 1 aromatic rings. The summed E-state index contributed by atoms with van der Waals surface area (Å²) < 4.78 is 5.34. The van der Waals surface area contributed by atoms with Crippen molar-refractivity contribution in [2.45, 2.75) is 11.8 Å². The minimum Gasteiger partial charge on any atom is -0.494 e. The third-order valence-electron chi connectivity index (χ3n) is 1.52. The number of hydrogen-bond acceptors (Lipinski definition) is 2. The first-order chi connectivity index (χ1) is 5.77. The Labute approximate surface area is 78.9 Å². The van der Waals surface area contributed by atoms with E-state index in [9.17, 15) is 0 Å². The van der Waals surface area contributed by atoms with Crippen LogP contribution in [0.3, 0.4) is 0 Å². The molecule has 0 spiro atoms. The third-order valence-corrected chi connectivity index (χ3v) is 2.25. The Morgan fingerprint density at radius 3 is 2.83 bits per heavy atom. The van der Waals surface area contributed by atoms with Crippen LogP contribution in [0, 0.1) is 0 Å². The predicted molar refractivity (Wildman–Crippen MR) is 54.8 cm³/mol. The molecule has 0 aliphatic heterocycles. The topological polar surface area (TPSA) is 9.23 Å². The van der Waals surface area contributed by atoms with Crippen LogP contribution in [0.1, 0.15) is 6.92 Å². The summed E-state index contributed by atoms with van der Waals surface area (Å²) in [5.74, 6) is 0.782. The molecule has 62 valence electrons. The predicted octanol–water partition coefficient (Wildman–Crippen LogP) is 1.60. The van der Waals surface area contributed by atoms with Gasteiger partial charge < -0.3 is 4.74 Å². The highest BCUT2D eigenvalue weighted by Gasteiger charge is 1.98. The van der Waals surface area contributed by atoms with Crippen LogP contribution in [-0.4, -0.2) is 20.7 Å². The summed E-state index contributed by atoms with van der Waals surface area (Å²) in [5.41, 5.74) is 0.703. The van der Waals surface area contributed by atoms with Crippen molar-refractivity contribution in [1.29, 1.82) is 0 Å². The van der Waals surface area contributed by atoms with Gasteiger partial charge in [0.05, 0.1) is 6.61 Å². The van der Waals surface area contributed by atoms with Crippen molar-refractivity contribution in [3.8, 4) is 5.75 Å². The van der Waals surface area contributed by atoms with Gasteiger partial charge in [-0.05, 0) is 25.3 Å². The number of hydrogen-bond donors (Lipinski definition) is 0. The molecule has 1 rings (SSSR count). The standard InChI is InChI=1S/C9H11BOS/c1-3-11-9-6-7(12-2)4-5-8(9)10/h4-6H,3H2,1-2H3. The molecule has 0 bridgehead atoms. The van der Waals surface area contributed by atoms with E-state index >= 15 is 0 Å². The monoisotopic (exact) mass is 178 g/mol. The van der Waals surface area contributed by atoms with Crippen molar-refractivity contribution in [2.75, 3.05) is 12.9 Å². The van der Waals surface area contributed by atoms with Gasteiger partial charge in [0.1, 0.15) is 13.6 Å². The summed E-state index contributed by atoms with van der Waals surface area (Å²) in [5, 5.41) is 0. The molecule has 0 aliphatic rings. The summed E-state index contributed by atoms with van der Waals surface area (Å²) in [6.07, 6.45) is 2.03. The lowest BCUT2D eigenvalue weighted by molar-refractivity contribution is 0.342. The molecule has 1 aromatic carbocycles. The summed E-state index contributed by atoms with van der Waals surface area (Å²) in [6.45, 7) is 2.60. The first-order valence-electron chi connectivity index (χ1n) is 3.84. The van der Waals surface area contributed by atoms with Gasteiger partial charge in [-0.25, -0.2) is 0 Å². The van der Waals surface area contributed by atoms with Crippen molar-refractivity contribution < 1.29 is 4.74 Å². The molecule has 12 heavy (non-hydrogen) atoms. The zero-order chi connectivity index (χ0) is 8.97. The average molecular weight is 178 g/mol. The lowest BCUT2D eigenvalue weighted by atomic mass is 9.95. The smallest absolute Gasteiger partial charge is 0.119 e. The van der Waals surface area contributed by atoms with E-state index in [0.29, 0.717) is 12.1 Å². The molecular formula is C9H11BOS. The van der Waals surface area contributed by atoms with Gasteiger partial charge in [-0.2, -0.15) is 0 Å². The van der Waals surface area contributed by atoms with Gasteiger partial charge in [-0.15, -0.1) is 11.8 Å². The highest BCUT2D eigenvalue weighted by Crippen LogP contribution is 2.18. The number of rotatable bonds is 3. The molecule has 0 N–H and O–H groups in total. The van der Waals surface area contributed by atoms with Gasteiger partial charge in [-0.3, -0.25) is 0 Å². The number of ether oxygens (including phenoxy) is 1. The summed E-state index contributed by atoms with van der Waals surface area (Å²) in [6, 6.07) is 5.82. The Balaban J connectivity index is 2.91. The molecule has 0 atom stereocenters. The van der Waals surface area contributed by atoms with Crippen molar-refractivity contribution in [3.05, 3.63) is 18.2 Å². The number of thioether (sulfide) groups is 1. The van der Waals surface area contributed by atoms with E-state index in [1.807, 2.05) is 31.4 Å². The molecule has 1 nitrogen and oxygen atoms in total. The van der Waals surface area contributed by atoms with Gasteiger partial charge >= 0.3 is 0 Å². The van der Waals surface area contributed by atoms with E-state index in [4.69, 9.17) is 12.6 Å². The normalized spacial score (nSPS) is 9.83. The van der Waals surface area contributed by atoms with Crippen molar-refractivity contribution in [2.24, 2.45) is 0 Å². The SMILES string of the molecule is [B]c1ccc(SC)cc1OCC. The van der Waals surface area contributed by atoms with E-state index in [0.717, 1.165) is 5.75 Å². The fraction of sp³-hybridized carbons (Fsp3) is 0.333. The molecule has 0 saturated carbocycles. The van der Waals surface area contributed by atoms with Gasteiger partial charge in [0, 0.05) is 4.90 Å². The van der Waals surface area contributed by atoms with Crippen LogP contribution in [0.15, 0.2) is 23.1 Å². The molecule has 0 heterocycles. The molecule has 3 heteroatoms. The van der Waals surface area contributed by atoms with E-state index in [-0.39, 0.29) is 0 Å². The Morgan fingerprint density at radius 2 is 2.25 bits per heavy atom. The van der Waals surface area contributed by atoms with Gasteiger partial charge in [0.25, 0.3) is 0 Å². The quantitative estimate of drug-likeness (QED) is 0.513. The maximum atomic E-state index is 5.70. The fourth-order valence-corrected chi connectivity index (χ4v) is 1.35. The lowest BCUT2D eigenvalue weighted by Gasteiger charge is -2.08. The summed E-state index contributed by atoms with van der Waals surface area (Å²) in [4.78, 5) is 1.17.